The molecule has 2 aromatic rings. The number of guanidine groups is 1. The molecule has 0 spiro atoms. The fourth-order valence-electron chi connectivity index (χ4n) is 2.44. The SMILES string of the molecule is CCNC(=NCc1ccc(O)c(F)c1)NCC(C)COCc1ccccc1.I. The van der Waals surface area contributed by atoms with Crippen LogP contribution in [0.3, 0.4) is 0 Å². The topological polar surface area (TPSA) is 65.9 Å². The first kappa shape index (κ1) is 24.2. The van der Waals surface area contributed by atoms with Gasteiger partial charge in [-0.1, -0.05) is 43.3 Å². The van der Waals surface area contributed by atoms with Gasteiger partial charge in [-0.25, -0.2) is 9.38 Å². The average molecular weight is 501 g/mol. The highest BCUT2D eigenvalue weighted by Gasteiger charge is 2.06. The smallest absolute Gasteiger partial charge is 0.191 e. The number of aromatic hydroxyl groups is 1. The number of benzene rings is 2. The molecule has 1 atom stereocenters. The Balaban J connectivity index is 0.00000392. The van der Waals surface area contributed by atoms with Gasteiger partial charge in [-0.3, -0.25) is 0 Å². The van der Waals surface area contributed by atoms with Crippen LogP contribution in [0.25, 0.3) is 0 Å². The predicted octanol–water partition coefficient (Wildman–Crippen LogP) is 4.06. The zero-order chi connectivity index (χ0) is 19.5. The summed E-state index contributed by atoms with van der Waals surface area (Å²) in [6.45, 7) is 7.11. The molecule has 7 heteroatoms. The summed E-state index contributed by atoms with van der Waals surface area (Å²) in [4.78, 5) is 4.46. The largest absolute Gasteiger partial charge is 0.505 e. The Hall–Kier alpha value is -1.87. The number of aliphatic imine (C=N–C) groups is 1. The molecule has 2 aromatic carbocycles. The molecule has 0 amide bonds. The number of hydrogen-bond acceptors (Lipinski definition) is 3. The molecule has 5 nitrogen and oxygen atoms in total. The van der Waals surface area contributed by atoms with Gasteiger partial charge in [0.15, 0.2) is 17.5 Å². The Morgan fingerprint density at radius 1 is 1.14 bits per heavy atom. The van der Waals surface area contributed by atoms with Gasteiger partial charge in [0.2, 0.25) is 0 Å². The van der Waals surface area contributed by atoms with Gasteiger partial charge in [-0.2, -0.15) is 0 Å². The Labute approximate surface area is 183 Å². The van der Waals surface area contributed by atoms with Crippen LogP contribution >= 0.6 is 24.0 Å². The van der Waals surface area contributed by atoms with Gasteiger partial charge in [0.25, 0.3) is 0 Å². The minimum Gasteiger partial charge on any atom is -0.505 e. The van der Waals surface area contributed by atoms with E-state index in [1.54, 1.807) is 6.07 Å². The number of nitrogens with zero attached hydrogens (tertiary/aromatic N) is 1. The molecule has 0 saturated carbocycles. The average Bonchev–Trinajstić information content (AvgIpc) is 2.67. The van der Waals surface area contributed by atoms with E-state index < -0.39 is 5.82 Å². The second-order valence-electron chi connectivity index (χ2n) is 6.47. The summed E-state index contributed by atoms with van der Waals surface area (Å²) in [6.07, 6.45) is 0. The lowest BCUT2D eigenvalue weighted by molar-refractivity contribution is 0.0931. The molecule has 2 rings (SSSR count). The van der Waals surface area contributed by atoms with E-state index in [4.69, 9.17) is 4.74 Å². The first-order chi connectivity index (χ1) is 13.1. The molecule has 0 radical (unpaired) electrons. The quantitative estimate of drug-likeness (QED) is 0.276. The molecule has 3 N–H and O–H groups in total. The van der Waals surface area contributed by atoms with Crippen molar-refractivity contribution in [1.82, 2.24) is 10.6 Å². The first-order valence-electron chi connectivity index (χ1n) is 9.19. The van der Waals surface area contributed by atoms with Crippen LogP contribution in [0.2, 0.25) is 0 Å². The van der Waals surface area contributed by atoms with E-state index in [1.165, 1.54) is 12.1 Å². The second-order valence-corrected chi connectivity index (χ2v) is 6.47. The minimum absolute atomic E-state index is 0. The fraction of sp³-hybridized carbons (Fsp3) is 0.381. The van der Waals surface area contributed by atoms with Crippen LogP contribution in [-0.4, -0.2) is 30.8 Å². The highest BCUT2D eigenvalue weighted by atomic mass is 127. The molecule has 0 fully saturated rings. The van der Waals surface area contributed by atoms with Crippen LogP contribution in [-0.2, 0) is 17.9 Å². The molecule has 0 aliphatic rings. The number of phenolic OH excluding ortho intramolecular Hbond substituents is 1. The van der Waals surface area contributed by atoms with Crippen molar-refractivity contribution in [3.63, 3.8) is 0 Å². The molecular formula is C21H29FIN3O2. The standard InChI is InChI=1S/C21H28FN3O2.HI/c1-3-23-21(25-13-18-9-10-20(26)19(22)11-18)24-12-16(2)14-27-15-17-7-5-4-6-8-17;/h4-11,16,26H,3,12-15H2,1-2H3,(H2,23,24,25);1H. The molecule has 0 bridgehead atoms. The van der Waals surface area contributed by atoms with E-state index in [-0.39, 0.29) is 29.7 Å². The Bertz CT molecular complexity index is 729. The van der Waals surface area contributed by atoms with Crippen LogP contribution < -0.4 is 10.6 Å². The van der Waals surface area contributed by atoms with Crippen molar-refractivity contribution in [1.29, 1.82) is 0 Å². The van der Waals surface area contributed by atoms with Crippen LogP contribution in [0.5, 0.6) is 5.75 Å². The number of hydrogen-bond donors (Lipinski definition) is 3. The maximum absolute atomic E-state index is 13.4. The second kappa shape index (κ2) is 13.3. The summed E-state index contributed by atoms with van der Waals surface area (Å²) in [5.74, 6) is -0.00786. The van der Waals surface area contributed by atoms with E-state index in [2.05, 4.69) is 22.5 Å². The maximum atomic E-state index is 13.4. The van der Waals surface area contributed by atoms with Crippen LogP contribution in [0.4, 0.5) is 4.39 Å². The first-order valence-corrected chi connectivity index (χ1v) is 9.19. The monoisotopic (exact) mass is 501 g/mol. The molecule has 154 valence electrons. The highest BCUT2D eigenvalue weighted by molar-refractivity contribution is 14.0. The van der Waals surface area contributed by atoms with Gasteiger partial charge in [0.05, 0.1) is 19.8 Å². The lowest BCUT2D eigenvalue weighted by atomic mass is 10.2. The molecule has 0 aliphatic carbocycles. The van der Waals surface area contributed by atoms with Crippen molar-refractivity contribution in [2.24, 2.45) is 10.9 Å². The van der Waals surface area contributed by atoms with E-state index in [9.17, 15) is 9.50 Å². The third-order valence-corrected chi connectivity index (χ3v) is 3.91. The highest BCUT2D eigenvalue weighted by Crippen LogP contribution is 2.16. The number of rotatable bonds is 9. The Kier molecular flexibility index (Phi) is 11.5. The Morgan fingerprint density at radius 3 is 2.57 bits per heavy atom. The normalized spacial score (nSPS) is 12.2. The number of halogens is 2. The van der Waals surface area contributed by atoms with Crippen molar-refractivity contribution in [2.75, 3.05) is 19.7 Å². The summed E-state index contributed by atoms with van der Waals surface area (Å²) >= 11 is 0. The summed E-state index contributed by atoms with van der Waals surface area (Å²) in [6, 6.07) is 14.4. The van der Waals surface area contributed by atoms with Gasteiger partial charge in [0, 0.05) is 13.1 Å². The maximum Gasteiger partial charge on any atom is 0.191 e. The summed E-state index contributed by atoms with van der Waals surface area (Å²) in [7, 11) is 0. The van der Waals surface area contributed by atoms with Crippen LogP contribution in [0.1, 0.15) is 25.0 Å². The number of phenols is 1. The van der Waals surface area contributed by atoms with Gasteiger partial charge in [-0.05, 0) is 36.1 Å². The molecule has 0 heterocycles. The van der Waals surface area contributed by atoms with Crippen molar-refractivity contribution in [2.45, 2.75) is 27.0 Å². The molecule has 0 aliphatic heterocycles. The lowest BCUT2D eigenvalue weighted by Gasteiger charge is -2.16. The third kappa shape index (κ3) is 8.88. The summed E-state index contributed by atoms with van der Waals surface area (Å²) in [5.41, 5.74) is 1.86. The van der Waals surface area contributed by atoms with E-state index in [0.29, 0.717) is 43.7 Å². The van der Waals surface area contributed by atoms with Gasteiger partial charge < -0.3 is 20.5 Å². The van der Waals surface area contributed by atoms with Gasteiger partial charge in [-0.15, -0.1) is 24.0 Å². The van der Waals surface area contributed by atoms with Crippen molar-refractivity contribution < 1.29 is 14.2 Å². The van der Waals surface area contributed by atoms with Gasteiger partial charge in [0.1, 0.15) is 0 Å². The van der Waals surface area contributed by atoms with Crippen LogP contribution in [0.15, 0.2) is 53.5 Å². The van der Waals surface area contributed by atoms with Crippen molar-refractivity contribution in [3.8, 4) is 5.75 Å². The fourth-order valence-corrected chi connectivity index (χ4v) is 2.44. The third-order valence-electron chi connectivity index (χ3n) is 3.91. The van der Waals surface area contributed by atoms with Gasteiger partial charge >= 0.3 is 0 Å². The molecular weight excluding hydrogens is 472 g/mol. The predicted molar refractivity (Wildman–Crippen MR) is 122 cm³/mol. The zero-order valence-corrected chi connectivity index (χ0v) is 18.7. The molecule has 0 aromatic heterocycles. The Morgan fingerprint density at radius 2 is 1.89 bits per heavy atom. The minimum atomic E-state index is -0.634. The molecule has 1 unspecified atom stereocenters. The van der Waals surface area contributed by atoms with Crippen molar-refractivity contribution >= 4 is 29.9 Å². The molecule has 28 heavy (non-hydrogen) atoms. The van der Waals surface area contributed by atoms with Crippen LogP contribution in [0, 0.1) is 11.7 Å². The van der Waals surface area contributed by atoms with E-state index in [0.717, 1.165) is 12.1 Å². The number of ether oxygens (including phenoxy) is 1. The van der Waals surface area contributed by atoms with E-state index in [1.807, 2.05) is 37.3 Å². The van der Waals surface area contributed by atoms with E-state index >= 15 is 0 Å². The van der Waals surface area contributed by atoms with Crippen molar-refractivity contribution in [3.05, 3.63) is 65.5 Å². The summed E-state index contributed by atoms with van der Waals surface area (Å²) < 4.78 is 19.2. The summed E-state index contributed by atoms with van der Waals surface area (Å²) in [5, 5.41) is 15.7. The zero-order valence-electron chi connectivity index (χ0n) is 16.3. The molecule has 0 saturated heterocycles. The number of nitrogens with one attached hydrogen (secondary N) is 2. The lowest BCUT2D eigenvalue weighted by Crippen LogP contribution is -2.40.